The number of methoxy groups -OCH3 is 1. The lowest BCUT2D eigenvalue weighted by atomic mass is 10.2. The fourth-order valence-corrected chi connectivity index (χ4v) is 4.49. The number of nitrogens with one attached hydrogen (secondary N) is 1. The molecule has 0 atom stereocenters. The van der Waals surface area contributed by atoms with E-state index >= 15 is 0 Å². The number of carbonyl (C=O) groups excluding carboxylic acids is 2. The van der Waals surface area contributed by atoms with Gasteiger partial charge in [0.05, 0.1) is 17.7 Å². The molecule has 0 aromatic heterocycles. The molecule has 1 fully saturated rings. The van der Waals surface area contributed by atoms with Crippen LogP contribution >= 0.6 is 11.6 Å². The van der Waals surface area contributed by atoms with Crippen LogP contribution in [0.25, 0.3) is 0 Å². The number of carbonyl (C=O) groups is 2. The molecule has 0 aliphatic carbocycles. The zero-order valence-corrected chi connectivity index (χ0v) is 16.7. The summed E-state index contributed by atoms with van der Waals surface area (Å²) in [6.45, 7) is 0.760. The molecule has 7 nitrogen and oxygen atoms in total. The molecule has 1 heterocycles. The number of hydrogen-bond acceptors (Lipinski definition) is 5. The van der Waals surface area contributed by atoms with Gasteiger partial charge in [-0.2, -0.15) is 0 Å². The van der Waals surface area contributed by atoms with Crippen molar-refractivity contribution in [3.05, 3.63) is 58.6 Å². The molecule has 1 aliphatic heterocycles. The summed E-state index contributed by atoms with van der Waals surface area (Å²) in [7, 11) is -2.64. The first-order valence-electron chi connectivity index (χ1n) is 8.58. The van der Waals surface area contributed by atoms with Gasteiger partial charge in [-0.25, -0.2) is 17.9 Å². The average Bonchev–Trinajstić information content (AvgIpc) is 3.12. The Kier molecular flexibility index (Phi) is 6.02. The van der Waals surface area contributed by atoms with Crippen LogP contribution in [0.1, 0.15) is 28.8 Å². The van der Waals surface area contributed by atoms with E-state index in [4.69, 9.17) is 11.6 Å². The van der Waals surface area contributed by atoms with Gasteiger partial charge in [-0.15, -0.1) is 0 Å². The summed E-state index contributed by atoms with van der Waals surface area (Å²) < 4.78 is 32.1. The van der Waals surface area contributed by atoms with E-state index in [0.29, 0.717) is 13.0 Å². The van der Waals surface area contributed by atoms with Gasteiger partial charge in [0.1, 0.15) is 4.90 Å². The average molecular weight is 423 g/mol. The van der Waals surface area contributed by atoms with E-state index in [-0.39, 0.29) is 27.9 Å². The highest BCUT2D eigenvalue weighted by Crippen LogP contribution is 2.24. The van der Waals surface area contributed by atoms with E-state index in [0.717, 1.165) is 17.7 Å². The Morgan fingerprint density at radius 1 is 1.21 bits per heavy atom. The van der Waals surface area contributed by atoms with Crippen LogP contribution < -0.4 is 9.62 Å². The number of halogens is 1. The van der Waals surface area contributed by atoms with Crippen LogP contribution in [-0.4, -0.2) is 33.9 Å². The minimum Gasteiger partial charge on any atom is -0.465 e. The zero-order valence-electron chi connectivity index (χ0n) is 15.1. The van der Waals surface area contributed by atoms with Gasteiger partial charge in [0.2, 0.25) is 15.9 Å². The van der Waals surface area contributed by atoms with Gasteiger partial charge in [0.15, 0.2) is 0 Å². The van der Waals surface area contributed by atoms with Gasteiger partial charge in [0.25, 0.3) is 0 Å². The number of esters is 1. The third-order valence-corrected chi connectivity index (χ3v) is 6.31. The van der Waals surface area contributed by atoms with Gasteiger partial charge in [0, 0.05) is 25.2 Å². The SMILES string of the molecule is COC(=O)c1ccc(S(=O)(=O)NCc2ccc(N3CCCC3=O)cc2)c(Cl)c1. The summed E-state index contributed by atoms with van der Waals surface area (Å²) in [5.41, 5.74) is 1.70. The Labute approximate surface area is 168 Å². The van der Waals surface area contributed by atoms with Crippen molar-refractivity contribution in [2.45, 2.75) is 24.3 Å². The number of rotatable bonds is 6. The number of hydrogen-bond donors (Lipinski definition) is 1. The number of sulfonamides is 1. The van der Waals surface area contributed by atoms with Crippen LogP contribution in [0.2, 0.25) is 5.02 Å². The Balaban J connectivity index is 1.69. The quantitative estimate of drug-likeness (QED) is 0.722. The molecule has 1 saturated heterocycles. The van der Waals surface area contributed by atoms with Crippen molar-refractivity contribution in [2.24, 2.45) is 0 Å². The number of anilines is 1. The third kappa shape index (κ3) is 4.35. The van der Waals surface area contributed by atoms with Gasteiger partial charge in [-0.1, -0.05) is 23.7 Å². The molecule has 3 rings (SSSR count). The van der Waals surface area contributed by atoms with E-state index in [2.05, 4.69) is 9.46 Å². The van der Waals surface area contributed by atoms with Crippen molar-refractivity contribution in [3.63, 3.8) is 0 Å². The summed E-state index contributed by atoms with van der Waals surface area (Å²) >= 11 is 6.04. The highest BCUT2D eigenvalue weighted by molar-refractivity contribution is 7.89. The number of nitrogens with zero attached hydrogens (tertiary/aromatic N) is 1. The Hall–Kier alpha value is -2.42. The second-order valence-electron chi connectivity index (χ2n) is 6.28. The lowest BCUT2D eigenvalue weighted by molar-refractivity contribution is -0.117. The molecule has 0 spiro atoms. The lowest BCUT2D eigenvalue weighted by Gasteiger charge is -2.16. The summed E-state index contributed by atoms with van der Waals surface area (Å²) in [6, 6.07) is 11.0. The number of amides is 1. The van der Waals surface area contributed by atoms with Crippen LogP contribution in [0.5, 0.6) is 0 Å². The lowest BCUT2D eigenvalue weighted by Crippen LogP contribution is -2.24. The third-order valence-electron chi connectivity index (χ3n) is 4.43. The molecule has 1 N–H and O–H groups in total. The molecule has 9 heteroatoms. The molecule has 148 valence electrons. The molecular formula is C19H19ClN2O5S. The normalized spacial score (nSPS) is 14.4. The molecule has 2 aromatic rings. The number of benzene rings is 2. The van der Waals surface area contributed by atoms with Gasteiger partial charge in [-0.3, -0.25) is 4.79 Å². The Bertz CT molecular complexity index is 1010. The minimum absolute atomic E-state index is 0.0612. The van der Waals surface area contributed by atoms with Crippen LogP contribution in [0.15, 0.2) is 47.4 Å². The standard InChI is InChI=1S/C19H19ClN2O5S/c1-27-19(24)14-6-9-17(16(20)11-14)28(25,26)21-12-13-4-7-15(8-5-13)22-10-2-3-18(22)23/h4-9,11,21H,2-3,10,12H2,1H3. The molecule has 0 saturated carbocycles. The largest absolute Gasteiger partial charge is 0.465 e. The van der Waals surface area contributed by atoms with Crippen LogP contribution in [0, 0.1) is 0 Å². The molecule has 0 bridgehead atoms. The summed E-state index contributed by atoms with van der Waals surface area (Å²) in [6.07, 6.45) is 1.40. The summed E-state index contributed by atoms with van der Waals surface area (Å²) in [4.78, 5) is 24.9. The maximum Gasteiger partial charge on any atom is 0.337 e. The van der Waals surface area contributed by atoms with Crippen molar-refractivity contribution in [2.75, 3.05) is 18.6 Å². The molecule has 0 unspecified atom stereocenters. The van der Waals surface area contributed by atoms with Crippen LogP contribution in [-0.2, 0) is 26.1 Å². The smallest absolute Gasteiger partial charge is 0.337 e. The van der Waals surface area contributed by atoms with E-state index in [1.165, 1.54) is 25.3 Å². The first kappa shape index (κ1) is 20.3. The molecule has 2 aromatic carbocycles. The van der Waals surface area contributed by atoms with Gasteiger partial charge >= 0.3 is 5.97 Å². The van der Waals surface area contributed by atoms with Crippen LogP contribution in [0.4, 0.5) is 5.69 Å². The predicted octanol–water partition coefficient (Wildman–Crippen LogP) is 2.73. The highest BCUT2D eigenvalue weighted by Gasteiger charge is 2.22. The van der Waals surface area contributed by atoms with E-state index in [1.54, 1.807) is 29.2 Å². The van der Waals surface area contributed by atoms with Crippen LogP contribution in [0.3, 0.4) is 0 Å². The minimum atomic E-state index is -3.87. The second kappa shape index (κ2) is 8.30. The fraction of sp³-hybridized carbons (Fsp3) is 0.263. The van der Waals surface area contributed by atoms with Gasteiger partial charge in [-0.05, 0) is 42.3 Å². The first-order valence-corrected chi connectivity index (χ1v) is 10.4. The molecule has 1 aliphatic rings. The molecular weight excluding hydrogens is 404 g/mol. The Morgan fingerprint density at radius 2 is 1.93 bits per heavy atom. The monoisotopic (exact) mass is 422 g/mol. The van der Waals surface area contributed by atoms with Crippen molar-refractivity contribution in [1.29, 1.82) is 0 Å². The van der Waals surface area contributed by atoms with Crippen molar-refractivity contribution in [1.82, 2.24) is 4.72 Å². The van der Waals surface area contributed by atoms with Crippen molar-refractivity contribution in [3.8, 4) is 0 Å². The maximum absolute atomic E-state index is 12.5. The molecule has 1 amide bonds. The first-order chi connectivity index (χ1) is 13.3. The van der Waals surface area contributed by atoms with Gasteiger partial charge < -0.3 is 9.64 Å². The maximum atomic E-state index is 12.5. The van der Waals surface area contributed by atoms with E-state index < -0.39 is 16.0 Å². The summed E-state index contributed by atoms with van der Waals surface area (Å²) in [5, 5.41) is -0.0710. The fourth-order valence-electron chi connectivity index (χ4n) is 2.93. The van der Waals surface area contributed by atoms with E-state index in [1.807, 2.05) is 0 Å². The number of ether oxygens (including phenoxy) is 1. The summed E-state index contributed by atoms with van der Waals surface area (Å²) in [5.74, 6) is -0.506. The zero-order chi connectivity index (χ0) is 20.3. The second-order valence-corrected chi connectivity index (χ2v) is 8.42. The van der Waals surface area contributed by atoms with E-state index in [9.17, 15) is 18.0 Å². The Morgan fingerprint density at radius 3 is 2.50 bits per heavy atom. The van der Waals surface area contributed by atoms with Crippen molar-refractivity contribution < 1.29 is 22.7 Å². The predicted molar refractivity (Wildman–Crippen MR) is 105 cm³/mol. The molecule has 0 radical (unpaired) electrons. The highest BCUT2D eigenvalue weighted by atomic mass is 35.5. The van der Waals surface area contributed by atoms with Crippen molar-refractivity contribution >= 4 is 39.2 Å². The topological polar surface area (TPSA) is 92.8 Å². The molecule has 28 heavy (non-hydrogen) atoms.